The Morgan fingerprint density at radius 1 is 1.32 bits per heavy atom. The van der Waals surface area contributed by atoms with Crippen molar-refractivity contribution in [2.24, 2.45) is 0 Å². The number of aryl methyl sites for hydroxylation is 2. The van der Waals surface area contributed by atoms with Gasteiger partial charge in [-0.15, -0.1) is 10.2 Å². The van der Waals surface area contributed by atoms with Crippen LogP contribution >= 0.6 is 23.4 Å². The number of benzene rings is 2. The molecule has 1 atom stereocenters. The number of hydrogen-bond donors (Lipinski definition) is 1. The molecule has 28 heavy (non-hydrogen) atoms. The number of rotatable bonds is 5. The molecule has 5 nitrogen and oxygen atoms in total. The molecule has 7 heteroatoms. The van der Waals surface area contributed by atoms with Crippen LogP contribution in [0.2, 0.25) is 5.02 Å². The first-order valence-corrected chi connectivity index (χ1v) is 10.6. The summed E-state index contributed by atoms with van der Waals surface area (Å²) in [5.74, 6) is 0.292. The van der Waals surface area contributed by atoms with Gasteiger partial charge in [0.15, 0.2) is 5.16 Å². The molecule has 0 fully saturated rings. The van der Waals surface area contributed by atoms with Crippen molar-refractivity contribution in [3.8, 4) is 5.69 Å². The summed E-state index contributed by atoms with van der Waals surface area (Å²) in [5, 5.41) is 12.7. The van der Waals surface area contributed by atoms with Crippen molar-refractivity contribution in [3.63, 3.8) is 0 Å². The summed E-state index contributed by atoms with van der Waals surface area (Å²) in [5.41, 5.74) is 4.47. The third kappa shape index (κ3) is 4.08. The number of carbonyl (C=O) groups is 1. The molecule has 1 unspecified atom stereocenters. The van der Waals surface area contributed by atoms with Crippen LogP contribution in [0.5, 0.6) is 0 Å². The Bertz CT molecular complexity index is 1000. The van der Waals surface area contributed by atoms with Crippen LogP contribution in [0, 0.1) is 6.92 Å². The van der Waals surface area contributed by atoms with Crippen molar-refractivity contribution in [2.75, 3.05) is 5.75 Å². The van der Waals surface area contributed by atoms with Crippen LogP contribution in [0.1, 0.15) is 35.6 Å². The molecule has 4 rings (SSSR count). The zero-order valence-corrected chi connectivity index (χ0v) is 17.1. The van der Waals surface area contributed by atoms with Crippen molar-refractivity contribution in [1.29, 1.82) is 0 Å². The highest BCUT2D eigenvalue weighted by Crippen LogP contribution is 2.30. The molecule has 0 saturated heterocycles. The molecule has 2 aromatic carbocycles. The molecule has 1 aliphatic rings. The fraction of sp³-hybridized carbons (Fsp3) is 0.286. The van der Waals surface area contributed by atoms with Gasteiger partial charge in [0.1, 0.15) is 6.33 Å². The summed E-state index contributed by atoms with van der Waals surface area (Å²) in [7, 11) is 0. The molecule has 0 saturated carbocycles. The first-order valence-electron chi connectivity index (χ1n) is 9.28. The Morgan fingerprint density at radius 2 is 2.18 bits per heavy atom. The quantitative estimate of drug-likeness (QED) is 0.626. The van der Waals surface area contributed by atoms with Crippen molar-refractivity contribution in [3.05, 3.63) is 70.5 Å². The molecule has 1 aromatic heterocycles. The van der Waals surface area contributed by atoms with E-state index in [4.69, 9.17) is 11.6 Å². The van der Waals surface area contributed by atoms with Crippen molar-refractivity contribution in [2.45, 2.75) is 37.4 Å². The lowest BCUT2D eigenvalue weighted by molar-refractivity contribution is -0.119. The van der Waals surface area contributed by atoms with Crippen LogP contribution in [-0.4, -0.2) is 26.4 Å². The minimum absolute atomic E-state index is 0.00296. The molecule has 0 aliphatic heterocycles. The normalized spacial score (nSPS) is 15.9. The van der Waals surface area contributed by atoms with Gasteiger partial charge in [0.2, 0.25) is 5.91 Å². The van der Waals surface area contributed by atoms with Crippen LogP contribution in [0.25, 0.3) is 5.69 Å². The molecular formula is C21H21ClN4OS. The lowest BCUT2D eigenvalue weighted by atomic mass is 9.88. The van der Waals surface area contributed by atoms with Crippen LogP contribution in [0.4, 0.5) is 0 Å². The lowest BCUT2D eigenvalue weighted by Gasteiger charge is -2.26. The van der Waals surface area contributed by atoms with Gasteiger partial charge in [-0.3, -0.25) is 9.36 Å². The Kier molecular flexibility index (Phi) is 5.69. The van der Waals surface area contributed by atoms with Crippen LogP contribution in [0.15, 0.2) is 53.9 Å². The van der Waals surface area contributed by atoms with E-state index < -0.39 is 0 Å². The van der Waals surface area contributed by atoms with E-state index in [1.165, 1.54) is 22.9 Å². The summed E-state index contributed by atoms with van der Waals surface area (Å²) in [6.45, 7) is 1.96. The van der Waals surface area contributed by atoms with Crippen molar-refractivity contribution in [1.82, 2.24) is 20.1 Å². The van der Waals surface area contributed by atoms with Gasteiger partial charge in [-0.25, -0.2) is 0 Å². The monoisotopic (exact) mass is 412 g/mol. The fourth-order valence-corrected chi connectivity index (χ4v) is 4.42. The number of amides is 1. The molecule has 1 heterocycles. The second-order valence-electron chi connectivity index (χ2n) is 6.92. The van der Waals surface area contributed by atoms with E-state index >= 15 is 0 Å². The maximum atomic E-state index is 12.6. The van der Waals surface area contributed by atoms with Gasteiger partial charge < -0.3 is 5.32 Å². The number of carbonyl (C=O) groups excluding carboxylic acids is 1. The highest BCUT2D eigenvalue weighted by molar-refractivity contribution is 7.99. The molecule has 1 aliphatic carbocycles. The number of nitrogens with zero attached hydrogens (tertiary/aromatic N) is 3. The summed E-state index contributed by atoms with van der Waals surface area (Å²) < 4.78 is 1.85. The second kappa shape index (κ2) is 8.37. The van der Waals surface area contributed by atoms with Gasteiger partial charge in [0.25, 0.3) is 0 Å². The number of nitrogens with one attached hydrogen (secondary N) is 1. The maximum absolute atomic E-state index is 12.6. The molecule has 3 aromatic rings. The number of fused-ring (bicyclic) bond motifs is 1. The molecule has 1 amide bonds. The highest BCUT2D eigenvalue weighted by Gasteiger charge is 2.21. The average Bonchev–Trinajstić information content (AvgIpc) is 3.17. The van der Waals surface area contributed by atoms with E-state index in [1.54, 1.807) is 6.33 Å². The first-order chi connectivity index (χ1) is 13.6. The zero-order valence-electron chi connectivity index (χ0n) is 15.6. The minimum Gasteiger partial charge on any atom is -0.349 e. The zero-order chi connectivity index (χ0) is 19.5. The van der Waals surface area contributed by atoms with Gasteiger partial charge in [0, 0.05) is 5.02 Å². The fourth-order valence-electron chi connectivity index (χ4n) is 3.50. The van der Waals surface area contributed by atoms with Gasteiger partial charge in [0.05, 0.1) is 17.5 Å². The van der Waals surface area contributed by atoms with Crippen LogP contribution in [-0.2, 0) is 11.2 Å². The minimum atomic E-state index is 0.00296. The topological polar surface area (TPSA) is 59.8 Å². The summed E-state index contributed by atoms with van der Waals surface area (Å²) in [4.78, 5) is 12.6. The molecule has 0 radical (unpaired) electrons. The lowest BCUT2D eigenvalue weighted by Crippen LogP contribution is -2.32. The number of thioether (sulfide) groups is 1. The standard InChI is InChI=1S/C21H21ClN4OS/c1-14-9-10-16(11-18(14)22)26-13-23-25-21(26)28-12-20(27)24-19-8-4-6-15-5-2-3-7-17(15)19/h2-3,5,7,9-11,13,19H,4,6,8,12H2,1H3,(H,24,27). The predicted octanol–water partition coefficient (Wildman–Crippen LogP) is 4.52. The third-order valence-corrected chi connectivity index (χ3v) is 6.34. The molecular weight excluding hydrogens is 392 g/mol. The Labute approximate surface area is 173 Å². The van der Waals surface area contributed by atoms with Gasteiger partial charge >= 0.3 is 0 Å². The summed E-state index contributed by atoms with van der Waals surface area (Å²) in [6.07, 6.45) is 4.79. The van der Waals surface area contributed by atoms with E-state index in [2.05, 4.69) is 33.7 Å². The van der Waals surface area contributed by atoms with Gasteiger partial charge in [-0.2, -0.15) is 0 Å². The van der Waals surface area contributed by atoms with E-state index in [1.807, 2.05) is 35.8 Å². The SMILES string of the molecule is Cc1ccc(-n2cnnc2SCC(=O)NC2CCCc3ccccc32)cc1Cl. The van der Waals surface area contributed by atoms with Gasteiger partial charge in [-0.05, 0) is 55.0 Å². The Balaban J connectivity index is 1.41. The van der Waals surface area contributed by atoms with Crippen molar-refractivity contribution >= 4 is 29.3 Å². The number of hydrogen-bond acceptors (Lipinski definition) is 4. The smallest absolute Gasteiger partial charge is 0.230 e. The maximum Gasteiger partial charge on any atom is 0.230 e. The highest BCUT2D eigenvalue weighted by atomic mass is 35.5. The largest absolute Gasteiger partial charge is 0.349 e. The van der Waals surface area contributed by atoms with Crippen LogP contribution < -0.4 is 5.32 Å². The third-order valence-electron chi connectivity index (χ3n) is 4.99. The molecule has 144 valence electrons. The average molecular weight is 413 g/mol. The predicted molar refractivity (Wildman–Crippen MR) is 112 cm³/mol. The number of halogens is 1. The summed E-state index contributed by atoms with van der Waals surface area (Å²) >= 11 is 7.61. The number of aromatic nitrogens is 3. The van der Waals surface area contributed by atoms with E-state index in [-0.39, 0.29) is 17.7 Å². The molecule has 0 bridgehead atoms. The second-order valence-corrected chi connectivity index (χ2v) is 8.27. The van der Waals surface area contributed by atoms with Crippen LogP contribution in [0.3, 0.4) is 0 Å². The molecule has 1 N–H and O–H groups in total. The van der Waals surface area contributed by atoms with E-state index in [9.17, 15) is 4.79 Å². The van der Waals surface area contributed by atoms with Crippen molar-refractivity contribution < 1.29 is 4.79 Å². The Morgan fingerprint density at radius 3 is 3.04 bits per heavy atom. The van der Waals surface area contributed by atoms with Gasteiger partial charge in [-0.1, -0.05) is 53.7 Å². The first kappa shape index (κ1) is 19.0. The van der Waals surface area contributed by atoms with E-state index in [0.717, 1.165) is 30.5 Å². The van der Waals surface area contributed by atoms with E-state index in [0.29, 0.717) is 10.2 Å². The Hall–Kier alpha value is -2.31. The molecule has 0 spiro atoms. The summed E-state index contributed by atoms with van der Waals surface area (Å²) in [6, 6.07) is 14.3.